The Hall–Kier alpha value is -1.92. The molecule has 1 aromatic heterocycles. The van der Waals surface area contributed by atoms with E-state index in [1.165, 1.54) is 6.07 Å². The van der Waals surface area contributed by atoms with E-state index in [0.717, 1.165) is 17.8 Å². The van der Waals surface area contributed by atoms with Gasteiger partial charge in [0.1, 0.15) is 0 Å². The average Bonchev–Trinajstić information content (AvgIpc) is 2.74. The van der Waals surface area contributed by atoms with Gasteiger partial charge in [0.05, 0.1) is 21.3 Å². The standard InChI is InChI=1S/C14H17ClN4O2/c1-3-11-14(15)13(18(2)17-11)9-16-8-10-6-4-5-7-12(10)19(20)21/h4-7,16H,3,8-9H2,1-2H3. The van der Waals surface area contributed by atoms with E-state index in [2.05, 4.69) is 10.4 Å². The molecule has 0 fully saturated rings. The highest BCUT2D eigenvalue weighted by Crippen LogP contribution is 2.21. The van der Waals surface area contributed by atoms with Gasteiger partial charge in [0.25, 0.3) is 5.69 Å². The topological polar surface area (TPSA) is 73.0 Å². The smallest absolute Gasteiger partial charge is 0.273 e. The van der Waals surface area contributed by atoms with E-state index in [0.29, 0.717) is 23.7 Å². The zero-order valence-corrected chi connectivity index (χ0v) is 12.7. The Kier molecular flexibility index (Phi) is 4.93. The van der Waals surface area contributed by atoms with E-state index in [1.807, 2.05) is 14.0 Å². The molecule has 0 spiro atoms. The summed E-state index contributed by atoms with van der Waals surface area (Å²) < 4.78 is 1.74. The Morgan fingerprint density at radius 1 is 1.38 bits per heavy atom. The zero-order chi connectivity index (χ0) is 15.4. The zero-order valence-electron chi connectivity index (χ0n) is 12.0. The Morgan fingerprint density at radius 2 is 2.10 bits per heavy atom. The molecule has 1 heterocycles. The van der Waals surface area contributed by atoms with E-state index in [-0.39, 0.29) is 10.6 Å². The third-order valence-electron chi connectivity index (χ3n) is 3.30. The molecule has 6 nitrogen and oxygen atoms in total. The Bertz CT molecular complexity index is 654. The summed E-state index contributed by atoms with van der Waals surface area (Å²) >= 11 is 6.26. The molecule has 0 saturated carbocycles. The molecule has 2 aromatic rings. The van der Waals surface area contributed by atoms with Crippen molar-refractivity contribution in [3.05, 3.63) is 56.4 Å². The maximum atomic E-state index is 10.9. The third kappa shape index (κ3) is 3.40. The number of hydrogen-bond donors (Lipinski definition) is 1. The minimum Gasteiger partial charge on any atom is -0.307 e. The molecule has 0 saturated heterocycles. The molecule has 1 aromatic carbocycles. The van der Waals surface area contributed by atoms with Gasteiger partial charge in [-0.15, -0.1) is 0 Å². The van der Waals surface area contributed by atoms with Gasteiger partial charge in [-0.2, -0.15) is 5.10 Å². The van der Waals surface area contributed by atoms with Crippen LogP contribution in [0.2, 0.25) is 5.02 Å². The first-order valence-corrected chi connectivity index (χ1v) is 7.05. The van der Waals surface area contributed by atoms with Crippen molar-refractivity contribution < 1.29 is 4.92 Å². The van der Waals surface area contributed by atoms with Crippen LogP contribution < -0.4 is 5.32 Å². The van der Waals surface area contributed by atoms with Crippen molar-refractivity contribution in [2.45, 2.75) is 26.4 Å². The van der Waals surface area contributed by atoms with Crippen molar-refractivity contribution in [2.75, 3.05) is 0 Å². The van der Waals surface area contributed by atoms with Crippen molar-refractivity contribution in [2.24, 2.45) is 7.05 Å². The minimum atomic E-state index is -0.372. The molecule has 21 heavy (non-hydrogen) atoms. The first kappa shape index (κ1) is 15.5. The fourth-order valence-electron chi connectivity index (χ4n) is 2.17. The predicted octanol–water partition coefficient (Wildman–Crippen LogP) is 2.83. The Labute approximate surface area is 127 Å². The second-order valence-electron chi connectivity index (χ2n) is 4.67. The molecule has 112 valence electrons. The maximum absolute atomic E-state index is 10.9. The second-order valence-corrected chi connectivity index (χ2v) is 5.05. The summed E-state index contributed by atoms with van der Waals surface area (Å²) in [6.45, 7) is 2.91. The van der Waals surface area contributed by atoms with Crippen LogP contribution in [0.5, 0.6) is 0 Å². The van der Waals surface area contributed by atoms with Crippen LogP contribution in [-0.2, 0) is 26.6 Å². The molecule has 0 aliphatic heterocycles. The molecular weight excluding hydrogens is 292 g/mol. The second kappa shape index (κ2) is 6.69. The summed E-state index contributed by atoms with van der Waals surface area (Å²) in [5, 5.41) is 19.1. The van der Waals surface area contributed by atoms with Crippen LogP contribution in [-0.4, -0.2) is 14.7 Å². The molecule has 0 atom stereocenters. The van der Waals surface area contributed by atoms with E-state index < -0.39 is 0 Å². The number of aromatic nitrogens is 2. The van der Waals surface area contributed by atoms with Gasteiger partial charge in [0, 0.05) is 31.8 Å². The lowest BCUT2D eigenvalue weighted by Crippen LogP contribution is -2.16. The number of nitrogens with zero attached hydrogens (tertiary/aromatic N) is 3. The highest BCUT2D eigenvalue weighted by molar-refractivity contribution is 6.31. The number of nitro groups is 1. The van der Waals surface area contributed by atoms with Gasteiger partial charge in [-0.25, -0.2) is 0 Å². The van der Waals surface area contributed by atoms with Gasteiger partial charge in [-0.3, -0.25) is 14.8 Å². The van der Waals surface area contributed by atoms with Gasteiger partial charge in [0.2, 0.25) is 0 Å². The van der Waals surface area contributed by atoms with Crippen LogP contribution in [0.15, 0.2) is 24.3 Å². The molecule has 2 rings (SSSR count). The largest absolute Gasteiger partial charge is 0.307 e. The summed E-state index contributed by atoms with van der Waals surface area (Å²) in [4.78, 5) is 10.6. The average molecular weight is 309 g/mol. The van der Waals surface area contributed by atoms with Gasteiger partial charge >= 0.3 is 0 Å². The molecular formula is C14H17ClN4O2. The maximum Gasteiger partial charge on any atom is 0.273 e. The van der Waals surface area contributed by atoms with Crippen LogP contribution in [0.1, 0.15) is 23.9 Å². The monoisotopic (exact) mass is 308 g/mol. The summed E-state index contributed by atoms with van der Waals surface area (Å²) in [6, 6.07) is 6.69. The van der Waals surface area contributed by atoms with Crippen LogP contribution in [0, 0.1) is 10.1 Å². The molecule has 0 amide bonds. The van der Waals surface area contributed by atoms with Crippen molar-refractivity contribution >= 4 is 17.3 Å². The van der Waals surface area contributed by atoms with Crippen LogP contribution in [0.4, 0.5) is 5.69 Å². The fourth-order valence-corrected chi connectivity index (χ4v) is 2.53. The minimum absolute atomic E-state index is 0.121. The van der Waals surface area contributed by atoms with Gasteiger partial charge in [-0.05, 0) is 6.42 Å². The number of benzene rings is 1. The number of nitro benzene ring substituents is 1. The summed E-state index contributed by atoms with van der Waals surface area (Å²) in [7, 11) is 1.84. The Morgan fingerprint density at radius 3 is 2.71 bits per heavy atom. The van der Waals surface area contributed by atoms with Gasteiger partial charge in [-0.1, -0.05) is 36.7 Å². The van der Waals surface area contributed by atoms with E-state index in [1.54, 1.807) is 22.9 Å². The first-order valence-electron chi connectivity index (χ1n) is 6.67. The quantitative estimate of drug-likeness (QED) is 0.658. The summed E-state index contributed by atoms with van der Waals surface area (Å²) in [6.07, 6.45) is 0.775. The highest BCUT2D eigenvalue weighted by atomic mass is 35.5. The molecule has 0 bridgehead atoms. The molecule has 0 aliphatic rings. The summed E-state index contributed by atoms with van der Waals surface area (Å²) in [5.74, 6) is 0. The van der Waals surface area contributed by atoms with E-state index in [4.69, 9.17) is 11.6 Å². The van der Waals surface area contributed by atoms with Crippen LogP contribution >= 0.6 is 11.6 Å². The number of halogens is 1. The molecule has 1 N–H and O–H groups in total. The lowest BCUT2D eigenvalue weighted by molar-refractivity contribution is -0.385. The lowest BCUT2D eigenvalue weighted by atomic mass is 10.2. The van der Waals surface area contributed by atoms with E-state index in [9.17, 15) is 10.1 Å². The summed E-state index contributed by atoms with van der Waals surface area (Å²) in [5.41, 5.74) is 2.51. The highest BCUT2D eigenvalue weighted by Gasteiger charge is 2.14. The SMILES string of the molecule is CCc1nn(C)c(CNCc2ccccc2[N+](=O)[O-])c1Cl. The molecule has 0 aliphatic carbocycles. The van der Waals surface area contributed by atoms with Gasteiger partial charge < -0.3 is 5.32 Å². The van der Waals surface area contributed by atoms with Crippen molar-refractivity contribution in [1.29, 1.82) is 0 Å². The number of nitrogens with one attached hydrogen (secondary N) is 1. The molecule has 0 radical (unpaired) electrons. The number of aryl methyl sites for hydroxylation is 2. The number of para-hydroxylation sites is 1. The third-order valence-corrected chi connectivity index (χ3v) is 3.74. The van der Waals surface area contributed by atoms with E-state index >= 15 is 0 Å². The van der Waals surface area contributed by atoms with Crippen molar-refractivity contribution in [3.8, 4) is 0 Å². The lowest BCUT2D eigenvalue weighted by Gasteiger charge is -2.06. The first-order chi connectivity index (χ1) is 10.0. The fraction of sp³-hybridized carbons (Fsp3) is 0.357. The predicted molar refractivity (Wildman–Crippen MR) is 81.2 cm³/mol. The molecule has 0 unspecified atom stereocenters. The molecule has 7 heteroatoms. The van der Waals surface area contributed by atoms with Crippen LogP contribution in [0.3, 0.4) is 0 Å². The number of hydrogen-bond acceptors (Lipinski definition) is 4. The Balaban J connectivity index is 2.06. The van der Waals surface area contributed by atoms with Crippen molar-refractivity contribution in [3.63, 3.8) is 0 Å². The normalized spacial score (nSPS) is 10.8. The van der Waals surface area contributed by atoms with Crippen molar-refractivity contribution in [1.82, 2.24) is 15.1 Å². The number of rotatable bonds is 6. The van der Waals surface area contributed by atoms with Crippen LogP contribution in [0.25, 0.3) is 0 Å². The van der Waals surface area contributed by atoms with Gasteiger partial charge in [0.15, 0.2) is 0 Å².